The van der Waals surface area contributed by atoms with Gasteiger partial charge >= 0.3 is 0 Å². The zero-order chi connectivity index (χ0) is 21.6. The number of methoxy groups -OCH3 is 1. The lowest BCUT2D eigenvalue weighted by molar-refractivity contribution is -0.916. The molecule has 1 amide bonds. The maximum atomic E-state index is 13.4. The summed E-state index contributed by atoms with van der Waals surface area (Å²) in [6, 6.07) is 25.4. The van der Waals surface area contributed by atoms with Crippen molar-refractivity contribution in [2.75, 3.05) is 25.5 Å². The Kier molecular flexibility index (Phi) is 6.70. The molecule has 3 aromatic carbocycles. The minimum atomic E-state index is -0.310. The number of hydrogen-bond acceptors (Lipinski definition) is 2. The van der Waals surface area contributed by atoms with Crippen molar-refractivity contribution in [2.45, 2.75) is 12.5 Å². The summed E-state index contributed by atoms with van der Waals surface area (Å²) in [5.74, 6) is 0.540. The van der Waals surface area contributed by atoms with E-state index < -0.39 is 0 Å². The van der Waals surface area contributed by atoms with E-state index in [1.165, 1.54) is 16.0 Å². The Morgan fingerprint density at radius 3 is 2.35 bits per heavy atom. The molecule has 0 saturated carbocycles. The molecule has 0 fully saturated rings. The topological polar surface area (TPSA) is 42.8 Å². The van der Waals surface area contributed by atoms with Crippen molar-refractivity contribution < 1.29 is 14.4 Å². The molecule has 2 N–H and O–H groups in total. The SMILES string of the molecule is COc1ccc(NC(=O)[C@@H](c2ccccc2)[NH+]2CC=C(c3ccccc3)CC2)cc1Cl. The molecule has 2 atom stereocenters. The van der Waals surface area contributed by atoms with Gasteiger partial charge in [-0.25, -0.2) is 0 Å². The van der Waals surface area contributed by atoms with Crippen LogP contribution in [-0.2, 0) is 4.79 Å². The largest absolute Gasteiger partial charge is 0.495 e. The van der Waals surface area contributed by atoms with Gasteiger partial charge in [-0.1, -0.05) is 72.3 Å². The molecule has 1 aliphatic heterocycles. The van der Waals surface area contributed by atoms with Gasteiger partial charge in [-0.15, -0.1) is 0 Å². The van der Waals surface area contributed by atoms with E-state index in [1.807, 2.05) is 42.5 Å². The van der Waals surface area contributed by atoms with E-state index in [1.54, 1.807) is 19.2 Å². The summed E-state index contributed by atoms with van der Waals surface area (Å²) >= 11 is 6.24. The van der Waals surface area contributed by atoms with Crippen LogP contribution in [0.4, 0.5) is 5.69 Å². The second kappa shape index (κ2) is 9.82. The molecule has 0 aromatic heterocycles. The van der Waals surface area contributed by atoms with Gasteiger partial charge in [-0.3, -0.25) is 4.79 Å². The van der Waals surface area contributed by atoms with Crippen LogP contribution in [0.2, 0.25) is 5.02 Å². The zero-order valence-corrected chi connectivity index (χ0v) is 18.2. The van der Waals surface area contributed by atoms with Gasteiger partial charge in [0.25, 0.3) is 5.91 Å². The zero-order valence-electron chi connectivity index (χ0n) is 17.5. The number of quaternary nitrogens is 1. The van der Waals surface area contributed by atoms with Gasteiger partial charge in [0, 0.05) is 17.7 Å². The Morgan fingerprint density at radius 2 is 1.74 bits per heavy atom. The molecule has 1 unspecified atom stereocenters. The number of carbonyl (C=O) groups is 1. The smallest absolute Gasteiger partial charge is 0.287 e. The van der Waals surface area contributed by atoms with Gasteiger partial charge in [0.2, 0.25) is 0 Å². The molecule has 3 aromatic rings. The summed E-state index contributed by atoms with van der Waals surface area (Å²) in [4.78, 5) is 14.6. The van der Waals surface area contributed by atoms with E-state index in [0.717, 1.165) is 25.1 Å². The molecular formula is C26H26ClN2O2+. The second-order valence-electron chi connectivity index (χ2n) is 7.64. The molecule has 31 heavy (non-hydrogen) atoms. The normalized spacial score (nSPS) is 16.8. The monoisotopic (exact) mass is 433 g/mol. The fourth-order valence-corrected chi connectivity index (χ4v) is 4.36. The van der Waals surface area contributed by atoms with Crippen molar-refractivity contribution in [3.8, 4) is 5.75 Å². The molecular weight excluding hydrogens is 408 g/mol. The van der Waals surface area contributed by atoms with E-state index >= 15 is 0 Å². The van der Waals surface area contributed by atoms with Crippen LogP contribution in [0.1, 0.15) is 23.6 Å². The molecule has 4 nitrogen and oxygen atoms in total. The predicted octanol–water partition coefficient (Wildman–Crippen LogP) is 4.40. The van der Waals surface area contributed by atoms with Crippen molar-refractivity contribution in [3.05, 3.63) is 101 Å². The highest BCUT2D eigenvalue weighted by atomic mass is 35.5. The molecule has 0 radical (unpaired) electrons. The molecule has 0 saturated heterocycles. The molecule has 1 aliphatic rings. The number of nitrogens with one attached hydrogen (secondary N) is 2. The van der Waals surface area contributed by atoms with Gasteiger partial charge in [-0.05, 0) is 35.4 Å². The lowest BCUT2D eigenvalue weighted by Crippen LogP contribution is -3.13. The van der Waals surface area contributed by atoms with E-state index in [2.05, 4.69) is 35.7 Å². The summed E-state index contributed by atoms with van der Waals surface area (Å²) < 4.78 is 5.21. The molecule has 0 spiro atoms. The average molecular weight is 434 g/mol. The Bertz CT molecular complexity index is 1070. The fourth-order valence-electron chi connectivity index (χ4n) is 4.11. The van der Waals surface area contributed by atoms with Crippen molar-refractivity contribution in [1.29, 1.82) is 0 Å². The number of anilines is 1. The van der Waals surface area contributed by atoms with Crippen LogP contribution < -0.4 is 15.0 Å². The molecule has 1 heterocycles. The first-order chi connectivity index (χ1) is 15.2. The number of ether oxygens (including phenoxy) is 1. The van der Waals surface area contributed by atoms with E-state index in [-0.39, 0.29) is 11.9 Å². The molecule has 0 bridgehead atoms. The van der Waals surface area contributed by atoms with Crippen LogP contribution in [-0.4, -0.2) is 26.1 Å². The first kappa shape index (κ1) is 21.2. The maximum Gasteiger partial charge on any atom is 0.287 e. The fraction of sp³-hybridized carbons (Fsp3) is 0.192. The second-order valence-corrected chi connectivity index (χ2v) is 8.05. The van der Waals surface area contributed by atoms with Crippen molar-refractivity contribution >= 4 is 28.8 Å². The maximum absolute atomic E-state index is 13.4. The van der Waals surface area contributed by atoms with Crippen LogP contribution in [0.5, 0.6) is 5.75 Å². The quantitative estimate of drug-likeness (QED) is 0.605. The average Bonchev–Trinajstić information content (AvgIpc) is 2.81. The third kappa shape index (κ3) is 4.98. The predicted molar refractivity (Wildman–Crippen MR) is 126 cm³/mol. The minimum absolute atomic E-state index is 0.0426. The number of hydrogen-bond donors (Lipinski definition) is 2. The molecule has 0 aliphatic carbocycles. The van der Waals surface area contributed by atoms with Crippen LogP contribution in [0.15, 0.2) is 84.9 Å². The summed E-state index contributed by atoms with van der Waals surface area (Å²) in [6.07, 6.45) is 3.20. The van der Waals surface area contributed by atoms with Gasteiger partial charge in [-0.2, -0.15) is 0 Å². The number of rotatable bonds is 6. The third-order valence-corrected chi connectivity index (χ3v) is 5.99. The highest BCUT2D eigenvalue weighted by Crippen LogP contribution is 2.28. The van der Waals surface area contributed by atoms with Gasteiger partial charge < -0.3 is 15.0 Å². The highest BCUT2D eigenvalue weighted by Gasteiger charge is 2.33. The standard InChI is InChI=1S/C26H25ClN2O2/c1-31-24-13-12-22(18-23(24)27)28-26(30)25(21-10-6-3-7-11-21)29-16-14-20(15-17-29)19-8-4-2-5-9-19/h2-14,18,25H,15-17H2,1H3,(H,28,30)/p+1/t25-/m1/s1. The number of carbonyl (C=O) groups excluding carboxylic acids is 1. The Labute approximate surface area is 188 Å². The van der Waals surface area contributed by atoms with Gasteiger partial charge in [0.05, 0.1) is 25.2 Å². The number of benzene rings is 3. The first-order valence-electron chi connectivity index (χ1n) is 10.4. The molecule has 4 rings (SSSR count). The van der Waals surface area contributed by atoms with E-state index in [0.29, 0.717) is 16.5 Å². The van der Waals surface area contributed by atoms with Crippen molar-refractivity contribution in [2.24, 2.45) is 0 Å². The van der Waals surface area contributed by atoms with Crippen LogP contribution in [0.3, 0.4) is 0 Å². The van der Waals surface area contributed by atoms with Crippen molar-refractivity contribution in [3.63, 3.8) is 0 Å². The van der Waals surface area contributed by atoms with Crippen LogP contribution >= 0.6 is 11.6 Å². The minimum Gasteiger partial charge on any atom is -0.495 e. The summed E-state index contributed by atoms with van der Waals surface area (Å²) in [7, 11) is 1.57. The van der Waals surface area contributed by atoms with Crippen molar-refractivity contribution in [1.82, 2.24) is 0 Å². The first-order valence-corrected chi connectivity index (χ1v) is 10.8. The molecule has 5 heteroatoms. The summed E-state index contributed by atoms with van der Waals surface area (Å²) in [5, 5.41) is 3.52. The summed E-state index contributed by atoms with van der Waals surface area (Å²) in [6.45, 7) is 1.68. The van der Waals surface area contributed by atoms with Crippen LogP contribution in [0.25, 0.3) is 5.57 Å². The lowest BCUT2D eigenvalue weighted by atomic mass is 9.96. The number of amides is 1. The number of halogens is 1. The Balaban J connectivity index is 1.56. The third-order valence-electron chi connectivity index (χ3n) is 5.69. The summed E-state index contributed by atoms with van der Waals surface area (Å²) in [5.41, 5.74) is 4.27. The Morgan fingerprint density at radius 1 is 1.03 bits per heavy atom. The highest BCUT2D eigenvalue weighted by molar-refractivity contribution is 6.32. The van der Waals surface area contributed by atoms with Gasteiger partial charge in [0.15, 0.2) is 6.04 Å². The Hall–Kier alpha value is -3.08. The van der Waals surface area contributed by atoms with Crippen LogP contribution in [0, 0.1) is 0 Å². The van der Waals surface area contributed by atoms with E-state index in [4.69, 9.17) is 16.3 Å². The van der Waals surface area contributed by atoms with E-state index in [9.17, 15) is 4.79 Å². The lowest BCUT2D eigenvalue weighted by Gasteiger charge is -2.30. The van der Waals surface area contributed by atoms with Gasteiger partial charge in [0.1, 0.15) is 5.75 Å². The molecule has 158 valence electrons.